The number of carbonyl (C=O) groups is 1. The van der Waals surface area contributed by atoms with E-state index in [2.05, 4.69) is 6.92 Å². The quantitative estimate of drug-likeness (QED) is 0.839. The Morgan fingerprint density at radius 1 is 1.50 bits per heavy atom. The summed E-state index contributed by atoms with van der Waals surface area (Å²) in [5.74, 6) is 2.42. The summed E-state index contributed by atoms with van der Waals surface area (Å²) in [6.07, 6.45) is 3.44. The van der Waals surface area contributed by atoms with Gasteiger partial charge in [-0.1, -0.05) is 6.92 Å². The molecule has 3 nitrogen and oxygen atoms in total. The first-order valence-corrected chi connectivity index (χ1v) is 7.62. The number of carbonyl (C=O) groups excluding carboxylic acids is 1. The molecule has 0 spiro atoms. The Bertz CT molecular complexity index is 416. The lowest BCUT2D eigenvalue weighted by Gasteiger charge is -2.23. The predicted molar refractivity (Wildman–Crippen MR) is 75.1 cm³/mol. The van der Waals surface area contributed by atoms with E-state index >= 15 is 0 Å². The molecule has 0 bridgehead atoms. The number of rotatable bonds is 4. The normalized spacial score (nSPS) is 23.3. The molecule has 4 heteroatoms. The summed E-state index contributed by atoms with van der Waals surface area (Å²) in [6, 6.07) is 3.97. The molecule has 0 N–H and O–H groups in total. The third-order valence-electron chi connectivity index (χ3n) is 3.58. The highest BCUT2D eigenvalue weighted by molar-refractivity contribution is 7.99. The molecule has 0 aliphatic heterocycles. The van der Waals surface area contributed by atoms with Crippen molar-refractivity contribution in [3.63, 3.8) is 0 Å². The monoisotopic (exact) mass is 267 g/mol. The Balaban J connectivity index is 1.95. The third-order valence-corrected chi connectivity index (χ3v) is 4.81. The SMILES string of the molecule is CCSC1CCC(N(C)C(=O)c2ccc(C)o2)C1. The maximum atomic E-state index is 12.2. The lowest BCUT2D eigenvalue weighted by atomic mass is 10.2. The summed E-state index contributed by atoms with van der Waals surface area (Å²) in [7, 11) is 1.89. The van der Waals surface area contributed by atoms with E-state index in [0.29, 0.717) is 17.1 Å². The van der Waals surface area contributed by atoms with Crippen molar-refractivity contribution in [1.82, 2.24) is 4.90 Å². The second-order valence-electron chi connectivity index (χ2n) is 4.87. The predicted octanol–water partition coefficient (Wildman–Crippen LogP) is 3.33. The Morgan fingerprint density at radius 3 is 2.89 bits per heavy atom. The van der Waals surface area contributed by atoms with Crippen molar-refractivity contribution in [2.45, 2.75) is 44.4 Å². The molecule has 1 saturated carbocycles. The third kappa shape index (κ3) is 2.91. The zero-order valence-electron chi connectivity index (χ0n) is 11.3. The minimum atomic E-state index is 0.00949. The number of furan rings is 1. The average molecular weight is 267 g/mol. The van der Waals surface area contributed by atoms with Crippen LogP contribution in [-0.2, 0) is 0 Å². The fourth-order valence-electron chi connectivity index (χ4n) is 2.55. The number of hydrogen-bond acceptors (Lipinski definition) is 3. The van der Waals surface area contributed by atoms with E-state index in [0.717, 1.165) is 24.4 Å². The molecule has 0 aromatic carbocycles. The van der Waals surface area contributed by atoms with Gasteiger partial charge in [0.1, 0.15) is 5.76 Å². The van der Waals surface area contributed by atoms with Gasteiger partial charge in [0.25, 0.3) is 5.91 Å². The molecule has 1 aliphatic carbocycles. The van der Waals surface area contributed by atoms with Gasteiger partial charge in [0.05, 0.1) is 0 Å². The highest BCUT2D eigenvalue weighted by Gasteiger charge is 2.31. The van der Waals surface area contributed by atoms with Crippen molar-refractivity contribution < 1.29 is 9.21 Å². The summed E-state index contributed by atoms with van der Waals surface area (Å²) >= 11 is 2.01. The van der Waals surface area contributed by atoms with Crippen molar-refractivity contribution >= 4 is 17.7 Å². The van der Waals surface area contributed by atoms with Crippen molar-refractivity contribution in [1.29, 1.82) is 0 Å². The van der Waals surface area contributed by atoms with Gasteiger partial charge in [-0.3, -0.25) is 4.79 Å². The van der Waals surface area contributed by atoms with Gasteiger partial charge < -0.3 is 9.32 Å². The van der Waals surface area contributed by atoms with Crippen LogP contribution in [0.3, 0.4) is 0 Å². The van der Waals surface area contributed by atoms with Crippen LogP contribution in [0, 0.1) is 6.92 Å². The van der Waals surface area contributed by atoms with E-state index in [1.54, 1.807) is 6.07 Å². The first-order chi connectivity index (χ1) is 8.61. The zero-order valence-corrected chi connectivity index (χ0v) is 12.1. The summed E-state index contributed by atoms with van der Waals surface area (Å²) in [4.78, 5) is 14.1. The van der Waals surface area contributed by atoms with Crippen LogP contribution in [0.25, 0.3) is 0 Å². The Morgan fingerprint density at radius 2 is 2.28 bits per heavy atom. The largest absolute Gasteiger partial charge is 0.456 e. The number of hydrogen-bond donors (Lipinski definition) is 0. The van der Waals surface area contributed by atoms with E-state index in [9.17, 15) is 4.79 Å². The Labute approximate surface area is 113 Å². The van der Waals surface area contributed by atoms with Gasteiger partial charge >= 0.3 is 0 Å². The second kappa shape index (κ2) is 5.83. The van der Waals surface area contributed by atoms with Crippen LogP contribution in [0.4, 0.5) is 0 Å². The van der Waals surface area contributed by atoms with Crippen LogP contribution < -0.4 is 0 Å². The molecule has 100 valence electrons. The average Bonchev–Trinajstić information content (AvgIpc) is 2.97. The molecule has 2 rings (SSSR count). The van der Waals surface area contributed by atoms with Gasteiger partial charge in [0.15, 0.2) is 5.76 Å². The molecule has 0 radical (unpaired) electrons. The Hall–Kier alpha value is -0.900. The topological polar surface area (TPSA) is 33.5 Å². The van der Waals surface area contributed by atoms with Crippen LogP contribution in [-0.4, -0.2) is 34.9 Å². The van der Waals surface area contributed by atoms with E-state index in [4.69, 9.17) is 4.42 Å². The molecule has 18 heavy (non-hydrogen) atoms. The fourth-order valence-corrected chi connectivity index (χ4v) is 3.68. The van der Waals surface area contributed by atoms with E-state index in [-0.39, 0.29) is 5.91 Å². The van der Waals surface area contributed by atoms with Crippen molar-refractivity contribution in [3.05, 3.63) is 23.7 Å². The van der Waals surface area contributed by atoms with Gasteiger partial charge in [-0.2, -0.15) is 11.8 Å². The molecule has 1 fully saturated rings. The number of nitrogens with zero attached hydrogens (tertiary/aromatic N) is 1. The Kier molecular flexibility index (Phi) is 4.38. The molecule has 1 amide bonds. The number of thioether (sulfide) groups is 1. The van der Waals surface area contributed by atoms with E-state index in [1.165, 1.54) is 6.42 Å². The first kappa shape index (κ1) is 13.5. The van der Waals surface area contributed by atoms with E-state index < -0.39 is 0 Å². The fraction of sp³-hybridized carbons (Fsp3) is 0.643. The maximum absolute atomic E-state index is 12.2. The molecule has 2 atom stereocenters. The van der Waals surface area contributed by atoms with Crippen LogP contribution in [0.2, 0.25) is 0 Å². The molecule has 1 heterocycles. The van der Waals surface area contributed by atoms with Gasteiger partial charge in [-0.25, -0.2) is 0 Å². The second-order valence-corrected chi connectivity index (χ2v) is 6.45. The molecule has 1 aromatic rings. The highest BCUT2D eigenvalue weighted by atomic mass is 32.2. The molecular formula is C14H21NO2S. The minimum Gasteiger partial charge on any atom is -0.456 e. The van der Waals surface area contributed by atoms with Gasteiger partial charge in [-0.05, 0) is 44.1 Å². The van der Waals surface area contributed by atoms with Crippen LogP contribution >= 0.6 is 11.8 Å². The van der Waals surface area contributed by atoms with E-state index in [1.807, 2.05) is 36.7 Å². The molecule has 2 unspecified atom stereocenters. The lowest BCUT2D eigenvalue weighted by molar-refractivity contribution is 0.0702. The minimum absolute atomic E-state index is 0.00949. The maximum Gasteiger partial charge on any atom is 0.289 e. The molecule has 1 aromatic heterocycles. The lowest BCUT2D eigenvalue weighted by Crippen LogP contribution is -2.35. The summed E-state index contributed by atoms with van der Waals surface area (Å²) in [5.41, 5.74) is 0. The molecular weight excluding hydrogens is 246 g/mol. The molecule has 0 saturated heterocycles. The number of aryl methyl sites for hydroxylation is 1. The van der Waals surface area contributed by atoms with Crippen LogP contribution in [0.15, 0.2) is 16.5 Å². The van der Waals surface area contributed by atoms with Crippen LogP contribution in [0.1, 0.15) is 42.5 Å². The summed E-state index contributed by atoms with van der Waals surface area (Å²) < 4.78 is 5.40. The standard InChI is InChI=1S/C14H21NO2S/c1-4-18-12-7-6-11(9-12)15(3)14(16)13-8-5-10(2)17-13/h5,8,11-12H,4,6-7,9H2,1-3H3. The van der Waals surface area contributed by atoms with Crippen LogP contribution in [0.5, 0.6) is 0 Å². The molecule has 1 aliphatic rings. The van der Waals surface area contributed by atoms with Crippen molar-refractivity contribution in [2.24, 2.45) is 0 Å². The van der Waals surface area contributed by atoms with Gasteiger partial charge in [0.2, 0.25) is 0 Å². The van der Waals surface area contributed by atoms with Crippen molar-refractivity contribution in [3.8, 4) is 0 Å². The highest BCUT2D eigenvalue weighted by Crippen LogP contribution is 2.32. The zero-order chi connectivity index (χ0) is 13.1. The van der Waals surface area contributed by atoms with Gasteiger partial charge in [-0.15, -0.1) is 0 Å². The summed E-state index contributed by atoms with van der Waals surface area (Å²) in [5, 5.41) is 0.716. The first-order valence-electron chi connectivity index (χ1n) is 6.57. The number of amides is 1. The smallest absolute Gasteiger partial charge is 0.289 e. The van der Waals surface area contributed by atoms with Crippen molar-refractivity contribution in [2.75, 3.05) is 12.8 Å². The summed E-state index contributed by atoms with van der Waals surface area (Å²) in [6.45, 7) is 4.05. The van der Waals surface area contributed by atoms with Gasteiger partial charge in [0, 0.05) is 18.3 Å².